The lowest BCUT2D eigenvalue weighted by Gasteiger charge is -2.13. The van der Waals surface area contributed by atoms with Crippen LogP contribution >= 0.6 is 0 Å². The van der Waals surface area contributed by atoms with Crippen LogP contribution in [-0.4, -0.2) is 23.5 Å². The molecule has 0 bridgehead atoms. The highest BCUT2D eigenvalue weighted by atomic mass is 19.2. The molecule has 0 radical (unpaired) electrons. The van der Waals surface area contributed by atoms with Crippen molar-refractivity contribution >= 4 is 11.9 Å². The molecule has 0 aliphatic carbocycles. The van der Waals surface area contributed by atoms with E-state index in [1.165, 1.54) is 6.07 Å². The molecule has 1 aromatic carbocycles. The average molecular weight is 299 g/mol. The Balaban J connectivity index is 2.36. The maximum absolute atomic E-state index is 13.0. The van der Waals surface area contributed by atoms with E-state index in [0.717, 1.165) is 12.1 Å². The molecule has 6 heteroatoms. The zero-order valence-corrected chi connectivity index (χ0v) is 11.9. The van der Waals surface area contributed by atoms with Gasteiger partial charge in [0.15, 0.2) is 11.6 Å². The number of nitrogens with one attached hydrogen (secondary N) is 1. The number of aryl methyl sites for hydroxylation is 1. The van der Waals surface area contributed by atoms with E-state index in [-0.39, 0.29) is 24.7 Å². The van der Waals surface area contributed by atoms with Crippen molar-refractivity contribution in [2.24, 2.45) is 5.92 Å². The Hall–Kier alpha value is -1.98. The van der Waals surface area contributed by atoms with Crippen LogP contribution in [-0.2, 0) is 16.0 Å². The average Bonchev–Trinajstić information content (AvgIpc) is 2.44. The number of carboxylic acid groups (broad SMARTS) is 1. The molecule has 0 heterocycles. The van der Waals surface area contributed by atoms with E-state index in [9.17, 15) is 18.4 Å². The van der Waals surface area contributed by atoms with Crippen LogP contribution in [0.4, 0.5) is 8.78 Å². The summed E-state index contributed by atoms with van der Waals surface area (Å²) in [6.07, 6.45) is 1.13. The summed E-state index contributed by atoms with van der Waals surface area (Å²) < 4.78 is 25.7. The first kappa shape index (κ1) is 17.1. The van der Waals surface area contributed by atoms with Gasteiger partial charge in [-0.25, -0.2) is 8.78 Å². The second-order valence-electron chi connectivity index (χ2n) is 4.92. The van der Waals surface area contributed by atoms with Crippen LogP contribution in [0.2, 0.25) is 0 Å². The molecular formula is C15H19F2NO3. The Bertz CT molecular complexity index is 506. The lowest BCUT2D eigenvalue weighted by molar-refractivity contribution is -0.138. The Labute approximate surface area is 122 Å². The molecule has 1 amide bonds. The van der Waals surface area contributed by atoms with Crippen LogP contribution < -0.4 is 5.32 Å². The summed E-state index contributed by atoms with van der Waals surface area (Å²) in [6, 6.07) is 3.54. The Morgan fingerprint density at radius 3 is 2.57 bits per heavy atom. The molecule has 4 nitrogen and oxygen atoms in total. The SMILES string of the molecule is CCC(CNC(=O)CCc1ccc(F)c(F)c1)CC(=O)O. The van der Waals surface area contributed by atoms with Crippen molar-refractivity contribution in [2.75, 3.05) is 6.54 Å². The van der Waals surface area contributed by atoms with E-state index in [1.807, 2.05) is 6.92 Å². The maximum atomic E-state index is 13.0. The van der Waals surface area contributed by atoms with E-state index >= 15 is 0 Å². The number of halogens is 2. The van der Waals surface area contributed by atoms with Crippen LogP contribution in [0.5, 0.6) is 0 Å². The first-order chi connectivity index (χ1) is 9.92. The quantitative estimate of drug-likeness (QED) is 0.775. The minimum atomic E-state index is -0.930. The van der Waals surface area contributed by atoms with Crippen LogP contribution in [0.15, 0.2) is 18.2 Å². The van der Waals surface area contributed by atoms with E-state index in [1.54, 1.807) is 0 Å². The molecule has 0 aromatic heterocycles. The van der Waals surface area contributed by atoms with Gasteiger partial charge < -0.3 is 10.4 Å². The Morgan fingerprint density at radius 2 is 2.00 bits per heavy atom. The third-order valence-corrected chi connectivity index (χ3v) is 3.25. The number of amides is 1. The summed E-state index contributed by atoms with van der Waals surface area (Å²) >= 11 is 0. The molecular weight excluding hydrogens is 280 g/mol. The van der Waals surface area contributed by atoms with Gasteiger partial charge in [-0.2, -0.15) is 0 Å². The molecule has 21 heavy (non-hydrogen) atoms. The van der Waals surface area contributed by atoms with Gasteiger partial charge in [-0.15, -0.1) is 0 Å². The van der Waals surface area contributed by atoms with Gasteiger partial charge in [0.1, 0.15) is 0 Å². The molecule has 0 fully saturated rings. The fourth-order valence-electron chi connectivity index (χ4n) is 1.91. The number of aliphatic carboxylic acids is 1. The number of benzene rings is 1. The van der Waals surface area contributed by atoms with Crippen LogP contribution in [0.1, 0.15) is 31.7 Å². The largest absolute Gasteiger partial charge is 0.481 e. The van der Waals surface area contributed by atoms with Crippen molar-refractivity contribution in [1.29, 1.82) is 0 Å². The minimum absolute atomic E-state index is 0.0138. The monoisotopic (exact) mass is 299 g/mol. The highest BCUT2D eigenvalue weighted by Gasteiger charge is 2.12. The summed E-state index contributed by atoms with van der Waals surface area (Å²) in [5.41, 5.74) is 0.543. The van der Waals surface area contributed by atoms with Crippen molar-refractivity contribution in [3.05, 3.63) is 35.4 Å². The normalized spacial score (nSPS) is 12.0. The van der Waals surface area contributed by atoms with Crippen molar-refractivity contribution < 1.29 is 23.5 Å². The Morgan fingerprint density at radius 1 is 1.29 bits per heavy atom. The Kier molecular flexibility index (Phi) is 6.78. The van der Waals surface area contributed by atoms with Gasteiger partial charge in [-0.1, -0.05) is 19.4 Å². The van der Waals surface area contributed by atoms with Gasteiger partial charge in [0, 0.05) is 19.4 Å². The van der Waals surface area contributed by atoms with Gasteiger partial charge in [0.25, 0.3) is 0 Å². The predicted molar refractivity (Wildman–Crippen MR) is 73.7 cm³/mol. The van der Waals surface area contributed by atoms with Crippen LogP contribution in [0.3, 0.4) is 0 Å². The standard InChI is InChI=1S/C15H19F2NO3/c1-2-10(8-15(20)21)9-18-14(19)6-4-11-3-5-12(16)13(17)7-11/h3,5,7,10H,2,4,6,8-9H2,1H3,(H,18,19)(H,20,21). The van der Waals surface area contributed by atoms with Crippen LogP contribution in [0.25, 0.3) is 0 Å². The second kappa shape index (κ2) is 8.34. The number of carbonyl (C=O) groups excluding carboxylic acids is 1. The lowest BCUT2D eigenvalue weighted by Crippen LogP contribution is -2.30. The fraction of sp³-hybridized carbons (Fsp3) is 0.467. The van der Waals surface area contributed by atoms with Crippen molar-refractivity contribution in [2.45, 2.75) is 32.6 Å². The first-order valence-corrected chi connectivity index (χ1v) is 6.84. The predicted octanol–water partition coefficient (Wildman–Crippen LogP) is 2.51. The maximum Gasteiger partial charge on any atom is 0.303 e. The highest BCUT2D eigenvalue weighted by Crippen LogP contribution is 2.11. The van der Waals surface area contributed by atoms with Crippen molar-refractivity contribution in [3.63, 3.8) is 0 Å². The molecule has 0 aliphatic rings. The summed E-state index contributed by atoms with van der Waals surface area (Å²) in [5.74, 6) is -3.07. The number of carboxylic acids is 1. The molecule has 1 aromatic rings. The first-order valence-electron chi connectivity index (χ1n) is 6.84. The van der Waals surface area contributed by atoms with E-state index < -0.39 is 17.6 Å². The molecule has 0 spiro atoms. The molecule has 1 unspecified atom stereocenters. The van der Waals surface area contributed by atoms with Gasteiger partial charge in [-0.05, 0) is 30.0 Å². The highest BCUT2D eigenvalue weighted by molar-refractivity contribution is 5.76. The molecule has 1 atom stereocenters. The minimum Gasteiger partial charge on any atom is -0.481 e. The van der Waals surface area contributed by atoms with Crippen molar-refractivity contribution in [1.82, 2.24) is 5.32 Å². The summed E-state index contributed by atoms with van der Waals surface area (Å²) in [6.45, 7) is 2.17. The van der Waals surface area contributed by atoms with Gasteiger partial charge in [-0.3, -0.25) is 9.59 Å². The molecule has 2 N–H and O–H groups in total. The van der Waals surface area contributed by atoms with Gasteiger partial charge >= 0.3 is 5.97 Å². The molecule has 0 aliphatic heterocycles. The number of rotatable bonds is 8. The van der Waals surface area contributed by atoms with Gasteiger partial charge in [0.05, 0.1) is 0 Å². The molecule has 1 rings (SSSR count). The summed E-state index contributed by atoms with van der Waals surface area (Å²) in [7, 11) is 0. The molecule has 0 saturated carbocycles. The third kappa shape index (κ3) is 6.33. The fourth-order valence-corrected chi connectivity index (χ4v) is 1.91. The zero-order chi connectivity index (χ0) is 15.8. The topological polar surface area (TPSA) is 66.4 Å². The molecule has 116 valence electrons. The van der Waals surface area contributed by atoms with E-state index in [2.05, 4.69) is 5.32 Å². The van der Waals surface area contributed by atoms with Gasteiger partial charge in [0.2, 0.25) is 5.91 Å². The smallest absolute Gasteiger partial charge is 0.303 e. The van der Waals surface area contributed by atoms with E-state index in [0.29, 0.717) is 24.9 Å². The number of hydrogen-bond donors (Lipinski definition) is 2. The lowest BCUT2D eigenvalue weighted by atomic mass is 10.0. The second-order valence-corrected chi connectivity index (χ2v) is 4.92. The number of hydrogen-bond acceptors (Lipinski definition) is 2. The third-order valence-electron chi connectivity index (χ3n) is 3.25. The number of carbonyl (C=O) groups is 2. The summed E-state index contributed by atoms with van der Waals surface area (Å²) in [5, 5.41) is 11.4. The molecule has 0 saturated heterocycles. The van der Waals surface area contributed by atoms with Crippen molar-refractivity contribution in [3.8, 4) is 0 Å². The van der Waals surface area contributed by atoms with Crippen LogP contribution in [0, 0.1) is 17.6 Å². The zero-order valence-electron chi connectivity index (χ0n) is 11.9. The van der Waals surface area contributed by atoms with E-state index in [4.69, 9.17) is 5.11 Å². The summed E-state index contributed by atoms with van der Waals surface area (Å²) in [4.78, 5) is 22.3.